The summed E-state index contributed by atoms with van der Waals surface area (Å²) in [4.78, 5) is 12.0. The summed E-state index contributed by atoms with van der Waals surface area (Å²) >= 11 is 1.50. The molecular formula is C15H18FN5OS. The zero-order valence-corrected chi connectivity index (χ0v) is 13.6. The van der Waals surface area contributed by atoms with Crippen molar-refractivity contribution in [1.29, 1.82) is 0 Å². The highest BCUT2D eigenvalue weighted by Crippen LogP contribution is 2.24. The molecule has 1 N–H and O–H groups in total. The van der Waals surface area contributed by atoms with Crippen molar-refractivity contribution in [1.82, 2.24) is 25.5 Å². The van der Waals surface area contributed by atoms with Crippen LogP contribution in [0.2, 0.25) is 0 Å². The summed E-state index contributed by atoms with van der Waals surface area (Å²) in [6.07, 6.45) is 2.87. The van der Waals surface area contributed by atoms with Crippen LogP contribution in [-0.2, 0) is 10.5 Å². The minimum absolute atomic E-state index is 0.0632. The zero-order chi connectivity index (χ0) is 16.2. The van der Waals surface area contributed by atoms with Crippen LogP contribution >= 0.6 is 11.8 Å². The number of rotatable bonds is 4. The first-order valence-electron chi connectivity index (χ1n) is 7.58. The number of tetrazole rings is 1. The lowest BCUT2D eigenvalue weighted by Gasteiger charge is -2.12. The Balaban J connectivity index is 1.76. The third-order valence-electron chi connectivity index (χ3n) is 3.76. The summed E-state index contributed by atoms with van der Waals surface area (Å²) < 4.78 is 15.4. The van der Waals surface area contributed by atoms with Crippen molar-refractivity contribution < 1.29 is 9.18 Å². The van der Waals surface area contributed by atoms with Crippen LogP contribution in [0.4, 0.5) is 4.39 Å². The molecule has 1 atom stereocenters. The molecule has 6 nitrogen and oxygen atoms in total. The van der Waals surface area contributed by atoms with E-state index in [1.54, 1.807) is 12.1 Å². The molecule has 1 aromatic carbocycles. The standard InChI is InChI=1S/C15H18FN5OS/c1-10-5-6-11(16)12(8-10)21-14(18-19-20-21)9-23-13-4-2-3-7-17-15(13)22/h5-6,8,13H,2-4,7,9H2,1H3,(H,17,22). The average molecular weight is 335 g/mol. The number of hydrogen-bond acceptors (Lipinski definition) is 5. The van der Waals surface area contributed by atoms with Crippen LogP contribution in [0.3, 0.4) is 0 Å². The van der Waals surface area contributed by atoms with E-state index >= 15 is 0 Å². The Morgan fingerprint density at radius 2 is 2.30 bits per heavy atom. The topological polar surface area (TPSA) is 72.7 Å². The van der Waals surface area contributed by atoms with Gasteiger partial charge in [-0.2, -0.15) is 4.68 Å². The van der Waals surface area contributed by atoms with Crippen molar-refractivity contribution in [2.45, 2.75) is 37.2 Å². The Morgan fingerprint density at radius 1 is 1.43 bits per heavy atom. The molecule has 8 heteroatoms. The number of halogens is 1. The fourth-order valence-electron chi connectivity index (χ4n) is 2.51. The molecule has 1 saturated heterocycles. The lowest BCUT2D eigenvalue weighted by molar-refractivity contribution is -0.120. The molecule has 3 rings (SSSR count). The van der Waals surface area contributed by atoms with Crippen molar-refractivity contribution in [3.8, 4) is 5.69 Å². The summed E-state index contributed by atoms with van der Waals surface area (Å²) in [5, 5.41) is 14.3. The predicted octanol–water partition coefficient (Wildman–Crippen LogP) is 2.01. The van der Waals surface area contributed by atoms with Crippen molar-refractivity contribution in [3.63, 3.8) is 0 Å². The smallest absolute Gasteiger partial charge is 0.233 e. The maximum absolute atomic E-state index is 14.0. The highest BCUT2D eigenvalue weighted by molar-refractivity contribution is 7.99. The molecule has 1 aromatic heterocycles. The van der Waals surface area contributed by atoms with Gasteiger partial charge in [0.2, 0.25) is 5.91 Å². The van der Waals surface area contributed by atoms with E-state index in [-0.39, 0.29) is 17.0 Å². The molecule has 2 aromatic rings. The molecule has 0 aliphatic carbocycles. The average Bonchev–Trinajstić information content (AvgIpc) is 2.90. The lowest BCUT2D eigenvalue weighted by atomic mass is 10.2. The second kappa shape index (κ2) is 7.08. The van der Waals surface area contributed by atoms with E-state index in [1.807, 2.05) is 6.92 Å². The maximum atomic E-state index is 14.0. The first-order chi connectivity index (χ1) is 11.1. The third-order valence-corrected chi connectivity index (χ3v) is 5.04. The Bertz CT molecular complexity index is 705. The summed E-state index contributed by atoms with van der Waals surface area (Å²) in [5.41, 5.74) is 1.26. The minimum atomic E-state index is -0.374. The predicted molar refractivity (Wildman–Crippen MR) is 85.8 cm³/mol. The Labute approximate surface area is 137 Å². The summed E-state index contributed by atoms with van der Waals surface area (Å²) in [6.45, 7) is 2.62. The monoisotopic (exact) mass is 335 g/mol. The molecule has 2 heterocycles. The van der Waals surface area contributed by atoms with Crippen LogP contribution < -0.4 is 5.32 Å². The van der Waals surface area contributed by atoms with Crippen molar-refractivity contribution in [2.75, 3.05) is 6.54 Å². The van der Waals surface area contributed by atoms with E-state index < -0.39 is 0 Å². The largest absolute Gasteiger partial charge is 0.355 e. The van der Waals surface area contributed by atoms with Gasteiger partial charge in [0.05, 0.1) is 11.0 Å². The minimum Gasteiger partial charge on any atom is -0.355 e. The van der Waals surface area contributed by atoms with E-state index in [1.165, 1.54) is 22.5 Å². The van der Waals surface area contributed by atoms with Gasteiger partial charge in [-0.05, 0) is 47.9 Å². The van der Waals surface area contributed by atoms with Crippen molar-refractivity contribution >= 4 is 17.7 Å². The zero-order valence-electron chi connectivity index (χ0n) is 12.8. The van der Waals surface area contributed by atoms with Crippen molar-refractivity contribution in [3.05, 3.63) is 35.4 Å². The van der Waals surface area contributed by atoms with Gasteiger partial charge in [0.1, 0.15) is 11.5 Å². The van der Waals surface area contributed by atoms with E-state index in [4.69, 9.17) is 0 Å². The molecule has 122 valence electrons. The highest BCUT2D eigenvalue weighted by atomic mass is 32.2. The van der Waals surface area contributed by atoms with E-state index in [9.17, 15) is 9.18 Å². The highest BCUT2D eigenvalue weighted by Gasteiger charge is 2.22. The fourth-order valence-corrected chi connectivity index (χ4v) is 3.61. The van der Waals surface area contributed by atoms with Gasteiger partial charge in [0.25, 0.3) is 0 Å². The lowest BCUT2D eigenvalue weighted by Crippen LogP contribution is -2.30. The SMILES string of the molecule is Cc1ccc(F)c(-n2nnnc2CSC2CCCCNC2=O)c1. The molecule has 1 amide bonds. The molecule has 0 bridgehead atoms. The normalized spacial score (nSPS) is 18.5. The van der Waals surface area contributed by atoms with E-state index in [0.717, 1.165) is 31.4 Å². The number of nitrogens with zero attached hydrogens (tertiary/aromatic N) is 4. The van der Waals surface area contributed by atoms with Gasteiger partial charge >= 0.3 is 0 Å². The second-order valence-corrected chi connectivity index (χ2v) is 6.74. The number of thioether (sulfide) groups is 1. The summed E-state index contributed by atoms with van der Waals surface area (Å²) in [5.74, 6) is 0.685. The van der Waals surface area contributed by atoms with Gasteiger partial charge in [-0.25, -0.2) is 4.39 Å². The number of benzene rings is 1. The van der Waals surface area contributed by atoms with E-state index in [2.05, 4.69) is 20.8 Å². The number of carbonyl (C=O) groups is 1. The van der Waals surface area contributed by atoms with Gasteiger partial charge in [-0.15, -0.1) is 16.9 Å². The Morgan fingerprint density at radius 3 is 3.17 bits per heavy atom. The van der Waals surface area contributed by atoms with Crippen LogP contribution in [-0.4, -0.2) is 37.9 Å². The number of hydrogen-bond donors (Lipinski definition) is 1. The first kappa shape index (κ1) is 15.9. The van der Waals surface area contributed by atoms with Crippen LogP contribution in [0.1, 0.15) is 30.7 Å². The quantitative estimate of drug-likeness (QED) is 0.925. The summed E-state index contributed by atoms with van der Waals surface area (Å²) in [6, 6.07) is 4.81. The number of aromatic nitrogens is 4. The molecule has 1 fully saturated rings. The number of amides is 1. The van der Waals surface area contributed by atoms with E-state index in [0.29, 0.717) is 17.3 Å². The van der Waals surface area contributed by atoms with Crippen LogP contribution in [0, 0.1) is 12.7 Å². The fraction of sp³-hybridized carbons (Fsp3) is 0.467. The maximum Gasteiger partial charge on any atom is 0.233 e. The summed E-state index contributed by atoms with van der Waals surface area (Å²) in [7, 11) is 0. The van der Waals surface area contributed by atoms with Crippen molar-refractivity contribution in [2.24, 2.45) is 0 Å². The van der Waals surface area contributed by atoms with Crippen LogP contribution in [0.25, 0.3) is 5.69 Å². The second-order valence-electron chi connectivity index (χ2n) is 5.55. The van der Waals surface area contributed by atoms with Gasteiger partial charge in [0, 0.05) is 6.54 Å². The molecule has 0 spiro atoms. The molecule has 1 unspecified atom stereocenters. The third kappa shape index (κ3) is 3.69. The number of carbonyl (C=O) groups excluding carboxylic acids is 1. The Kier molecular flexibility index (Phi) is 4.90. The van der Waals surface area contributed by atoms with Gasteiger partial charge in [0.15, 0.2) is 5.82 Å². The first-order valence-corrected chi connectivity index (χ1v) is 8.63. The number of aryl methyl sites for hydroxylation is 1. The van der Waals surface area contributed by atoms with Gasteiger partial charge < -0.3 is 5.32 Å². The number of nitrogens with one attached hydrogen (secondary N) is 1. The molecule has 1 aliphatic heterocycles. The molecular weight excluding hydrogens is 317 g/mol. The van der Waals surface area contributed by atoms with Gasteiger partial charge in [-0.3, -0.25) is 4.79 Å². The van der Waals surface area contributed by atoms with Crippen LogP contribution in [0.5, 0.6) is 0 Å². The molecule has 1 aliphatic rings. The van der Waals surface area contributed by atoms with Gasteiger partial charge in [-0.1, -0.05) is 12.5 Å². The molecule has 0 saturated carbocycles. The van der Waals surface area contributed by atoms with Crippen LogP contribution in [0.15, 0.2) is 18.2 Å². The molecule has 0 radical (unpaired) electrons. The Hall–Kier alpha value is -1.96. The molecule has 23 heavy (non-hydrogen) atoms.